The molecule has 1 aromatic carbocycles. The number of hydrogen-bond donors (Lipinski definition) is 3. The highest BCUT2D eigenvalue weighted by Crippen LogP contribution is 2.20. The fourth-order valence-corrected chi connectivity index (χ4v) is 3.55. The fourth-order valence-electron chi connectivity index (χ4n) is 3.37. The highest BCUT2D eigenvalue weighted by atomic mass is 35.5. The topological polar surface area (TPSA) is 108 Å². The zero-order valence-corrected chi connectivity index (χ0v) is 17.7. The summed E-state index contributed by atoms with van der Waals surface area (Å²) in [5.74, 6) is -0.283. The van der Waals surface area contributed by atoms with E-state index in [4.69, 9.17) is 21.0 Å². The van der Waals surface area contributed by atoms with Crippen LogP contribution in [0.5, 0.6) is 0 Å². The molecule has 0 radical (unpaired) electrons. The molecule has 9 nitrogen and oxygen atoms in total. The summed E-state index contributed by atoms with van der Waals surface area (Å²) in [6, 6.07) is 4.15. The normalized spacial score (nSPS) is 20.5. The molecule has 0 saturated carbocycles. The van der Waals surface area contributed by atoms with Crippen molar-refractivity contribution in [3.8, 4) is 0 Å². The maximum Gasteiger partial charge on any atom is 0.174 e. The Balaban J connectivity index is 1.58. The summed E-state index contributed by atoms with van der Waals surface area (Å²) in [5, 5.41) is 23.4. The second-order valence-electron chi connectivity index (χ2n) is 7.16. The average molecular weight is 441 g/mol. The summed E-state index contributed by atoms with van der Waals surface area (Å²) in [6.07, 6.45) is 0.451. The number of aliphatic imine (C=N–C) groups is 1. The van der Waals surface area contributed by atoms with Crippen LogP contribution in [-0.4, -0.2) is 71.3 Å². The average Bonchev–Trinajstić information content (AvgIpc) is 3.15. The van der Waals surface area contributed by atoms with Gasteiger partial charge in [0.1, 0.15) is 18.2 Å². The molecule has 1 fully saturated rings. The summed E-state index contributed by atoms with van der Waals surface area (Å²) in [4.78, 5) is 6.36. The van der Waals surface area contributed by atoms with E-state index in [0.717, 1.165) is 26.2 Å². The van der Waals surface area contributed by atoms with E-state index in [0.29, 0.717) is 23.6 Å². The third-order valence-electron chi connectivity index (χ3n) is 4.58. The van der Waals surface area contributed by atoms with E-state index in [1.165, 1.54) is 18.2 Å². The van der Waals surface area contributed by atoms with E-state index in [1.54, 1.807) is 0 Å². The van der Waals surface area contributed by atoms with Gasteiger partial charge in [-0.2, -0.15) is 0 Å². The first-order valence-electron chi connectivity index (χ1n) is 9.74. The van der Waals surface area contributed by atoms with Crippen LogP contribution in [0.4, 0.5) is 10.1 Å². The van der Waals surface area contributed by atoms with E-state index in [2.05, 4.69) is 44.7 Å². The van der Waals surface area contributed by atoms with Crippen molar-refractivity contribution in [3.05, 3.63) is 40.4 Å². The third-order valence-corrected chi connectivity index (χ3v) is 4.87. The Kier molecular flexibility index (Phi) is 8.11. The molecule has 2 atom stereocenters. The first kappa shape index (κ1) is 22.6. The molecule has 3 rings (SSSR count). The number of rotatable bonds is 8. The largest absolute Gasteiger partial charge is 0.374 e. The van der Waals surface area contributed by atoms with E-state index in [1.807, 2.05) is 0 Å². The van der Waals surface area contributed by atoms with Gasteiger partial charge in [-0.1, -0.05) is 16.8 Å². The van der Waals surface area contributed by atoms with Crippen molar-refractivity contribution in [2.24, 2.45) is 4.99 Å². The van der Waals surface area contributed by atoms with Gasteiger partial charge < -0.3 is 20.5 Å². The minimum atomic E-state index is -0.528. The molecule has 2 aromatic rings. The molecule has 0 spiro atoms. The zero-order valence-electron chi connectivity index (χ0n) is 16.9. The quantitative estimate of drug-likeness (QED) is 0.324. The van der Waals surface area contributed by atoms with Crippen LogP contribution >= 0.6 is 11.6 Å². The lowest BCUT2D eigenvalue weighted by Crippen LogP contribution is -2.47. The van der Waals surface area contributed by atoms with Gasteiger partial charge in [-0.25, -0.2) is 14.0 Å². The predicted molar refractivity (Wildman–Crippen MR) is 111 cm³/mol. The number of amidine groups is 1. The van der Waals surface area contributed by atoms with E-state index < -0.39 is 12.5 Å². The second kappa shape index (κ2) is 10.8. The van der Waals surface area contributed by atoms with Crippen molar-refractivity contribution < 1.29 is 18.9 Å². The smallest absolute Gasteiger partial charge is 0.174 e. The number of aliphatic hydroxyl groups is 1. The van der Waals surface area contributed by atoms with Crippen LogP contribution in [0.1, 0.15) is 25.2 Å². The summed E-state index contributed by atoms with van der Waals surface area (Å²) >= 11 is 5.82. The summed E-state index contributed by atoms with van der Waals surface area (Å²) in [5.41, 5.74) is 1.38. The maximum absolute atomic E-state index is 13.4. The molecule has 0 unspecified atom stereocenters. The lowest BCUT2D eigenvalue weighted by Gasteiger charge is -2.35. The van der Waals surface area contributed by atoms with Crippen molar-refractivity contribution in [2.75, 3.05) is 38.2 Å². The Bertz CT molecular complexity index is 855. The van der Waals surface area contributed by atoms with Gasteiger partial charge >= 0.3 is 0 Å². The molecule has 11 heteroatoms. The minimum Gasteiger partial charge on any atom is -0.374 e. The number of anilines is 1. The lowest BCUT2D eigenvalue weighted by molar-refractivity contribution is -0.0674. The molecule has 1 aliphatic rings. The Morgan fingerprint density at radius 3 is 2.80 bits per heavy atom. The molecule has 0 amide bonds. The van der Waals surface area contributed by atoms with Crippen molar-refractivity contribution in [1.29, 1.82) is 0 Å². The molecular formula is C19H26ClFN6O3. The van der Waals surface area contributed by atoms with Gasteiger partial charge in [0.05, 0.1) is 17.2 Å². The van der Waals surface area contributed by atoms with Gasteiger partial charge in [-0.05, 0) is 37.2 Å². The van der Waals surface area contributed by atoms with Crippen LogP contribution in [-0.2, 0) is 11.3 Å². The highest BCUT2D eigenvalue weighted by Gasteiger charge is 2.22. The molecular weight excluding hydrogens is 415 g/mol. The van der Waals surface area contributed by atoms with Crippen molar-refractivity contribution in [2.45, 2.75) is 32.6 Å². The van der Waals surface area contributed by atoms with Crippen LogP contribution in [0.25, 0.3) is 0 Å². The number of nitrogens with one attached hydrogen (secondary N) is 2. The van der Waals surface area contributed by atoms with Crippen LogP contribution in [0.3, 0.4) is 0 Å². The monoisotopic (exact) mass is 440 g/mol. The first-order valence-corrected chi connectivity index (χ1v) is 10.1. The molecule has 1 aromatic heterocycles. The number of aliphatic hydroxyl groups excluding tert-OH is 1. The van der Waals surface area contributed by atoms with Gasteiger partial charge in [0, 0.05) is 38.4 Å². The Labute approximate surface area is 179 Å². The SMILES string of the molecule is C[C@@H]1CN(CCNCc2nonc2/C(=N/CO)Nc2ccc(F)c(Cl)c2)C[C@H](C)O1. The standard InChI is InChI=1S/C19H26ClFN6O3/c1-12-9-27(10-13(2)29-12)6-5-22-8-17-18(26-30-25-17)19(23-11-28)24-14-3-4-16(21)15(20)7-14/h3-4,7,12-13,22,28H,5-6,8-11H2,1-2H3,(H,23,24)/t12-,13+. The highest BCUT2D eigenvalue weighted by molar-refractivity contribution is 6.31. The molecule has 164 valence electrons. The number of morpholine rings is 1. The summed E-state index contributed by atoms with van der Waals surface area (Å²) in [6.45, 7) is 7.52. The number of halogens is 2. The lowest BCUT2D eigenvalue weighted by atomic mass is 10.2. The van der Waals surface area contributed by atoms with E-state index in [9.17, 15) is 9.50 Å². The van der Waals surface area contributed by atoms with Crippen molar-refractivity contribution >= 4 is 23.1 Å². The van der Waals surface area contributed by atoms with Gasteiger partial charge in [0.25, 0.3) is 0 Å². The van der Waals surface area contributed by atoms with Crippen molar-refractivity contribution in [3.63, 3.8) is 0 Å². The first-order chi connectivity index (χ1) is 14.5. The molecule has 0 bridgehead atoms. The number of nitrogens with zero attached hydrogens (tertiary/aromatic N) is 4. The van der Waals surface area contributed by atoms with Crippen LogP contribution in [0, 0.1) is 5.82 Å². The minimum absolute atomic E-state index is 0.0322. The maximum atomic E-state index is 13.4. The Morgan fingerprint density at radius 2 is 2.10 bits per heavy atom. The molecule has 30 heavy (non-hydrogen) atoms. The molecule has 0 aliphatic carbocycles. The molecule has 1 aliphatic heterocycles. The van der Waals surface area contributed by atoms with Crippen LogP contribution in [0.2, 0.25) is 5.02 Å². The van der Waals surface area contributed by atoms with Crippen LogP contribution in [0.15, 0.2) is 27.8 Å². The molecule has 1 saturated heterocycles. The van der Waals surface area contributed by atoms with E-state index >= 15 is 0 Å². The third kappa shape index (κ3) is 6.19. The van der Waals surface area contributed by atoms with Gasteiger partial charge in [0.15, 0.2) is 11.5 Å². The van der Waals surface area contributed by atoms with Gasteiger partial charge in [0.2, 0.25) is 0 Å². The zero-order chi connectivity index (χ0) is 21.5. The fraction of sp³-hybridized carbons (Fsp3) is 0.526. The Hall–Kier alpha value is -2.11. The molecule has 2 heterocycles. The molecule has 3 N–H and O–H groups in total. The number of ether oxygens (including phenoxy) is 1. The van der Waals surface area contributed by atoms with Crippen molar-refractivity contribution in [1.82, 2.24) is 20.5 Å². The summed E-state index contributed by atoms with van der Waals surface area (Å²) < 4.78 is 24.0. The van der Waals surface area contributed by atoms with Gasteiger partial charge in [-0.15, -0.1) is 0 Å². The second-order valence-corrected chi connectivity index (χ2v) is 7.56. The number of benzene rings is 1. The predicted octanol–water partition coefficient (Wildman–Crippen LogP) is 1.87. The number of hydrogen-bond acceptors (Lipinski definition) is 8. The number of aromatic nitrogens is 2. The summed E-state index contributed by atoms with van der Waals surface area (Å²) in [7, 11) is 0. The Morgan fingerprint density at radius 1 is 1.33 bits per heavy atom. The van der Waals surface area contributed by atoms with E-state index in [-0.39, 0.29) is 23.1 Å². The van der Waals surface area contributed by atoms with Gasteiger partial charge in [-0.3, -0.25) is 4.90 Å². The van der Waals surface area contributed by atoms with Crippen LogP contribution < -0.4 is 10.6 Å².